The molecule has 76 valence electrons. The van der Waals surface area contributed by atoms with E-state index >= 15 is 0 Å². The molecule has 1 heterocycles. The van der Waals surface area contributed by atoms with Gasteiger partial charge >= 0.3 is 0 Å². The van der Waals surface area contributed by atoms with Crippen molar-refractivity contribution in [2.75, 3.05) is 7.11 Å². The van der Waals surface area contributed by atoms with Crippen LogP contribution in [-0.2, 0) is 11.3 Å². The first-order valence-corrected chi connectivity index (χ1v) is 4.83. The summed E-state index contributed by atoms with van der Waals surface area (Å²) in [6.45, 7) is 4.54. The molecule has 0 fully saturated rings. The average Bonchev–Trinajstić information content (AvgIpc) is 2.63. The second-order valence-corrected chi connectivity index (χ2v) is 2.63. The van der Waals surface area contributed by atoms with E-state index < -0.39 is 0 Å². The molecule has 0 atom stereocenters. The highest BCUT2D eigenvalue weighted by Crippen LogP contribution is 2.10. The molecule has 0 spiro atoms. The second-order valence-electron chi connectivity index (χ2n) is 2.63. The van der Waals surface area contributed by atoms with Gasteiger partial charge < -0.3 is 9.72 Å². The van der Waals surface area contributed by atoms with Gasteiger partial charge in [0, 0.05) is 7.11 Å². The van der Waals surface area contributed by atoms with Gasteiger partial charge in [-0.2, -0.15) is 0 Å². The molecule has 2 rings (SSSR count). The molecule has 3 nitrogen and oxygen atoms in total. The zero-order chi connectivity index (χ0) is 10.4. The van der Waals surface area contributed by atoms with Crippen LogP contribution in [-0.4, -0.2) is 17.1 Å². The standard InChI is InChI=1S/C9H10N2O.C2H6/c1-12-6-9-10-7-4-2-3-5-8(7)11-9;1-2/h2-5H,6H2,1H3,(H,10,11);1-2H3. The maximum absolute atomic E-state index is 4.96. The molecule has 0 radical (unpaired) electrons. The first-order valence-electron chi connectivity index (χ1n) is 4.83. The van der Waals surface area contributed by atoms with Crippen molar-refractivity contribution in [2.24, 2.45) is 0 Å². The van der Waals surface area contributed by atoms with Crippen molar-refractivity contribution in [1.29, 1.82) is 0 Å². The number of hydrogen-bond donors (Lipinski definition) is 1. The number of ether oxygens (including phenoxy) is 1. The molecule has 2 aromatic rings. The second kappa shape index (κ2) is 5.40. The summed E-state index contributed by atoms with van der Waals surface area (Å²) < 4.78 is 4.96. The lowest BCUT2D eigenvalue weighted by atomic mass is 10.3. The minimum Gasteiger partial charge on any atom is -0.377 e. The van der Waals surface area contributed by atoms with E-state index in [1.807, 2.05) is 38.1 Å². The van der Waals surface area contributed by atoms with Gasteiger partial charge in [0.1, 0.15) is 12.4 Å². The highest BCUT2D eigenvalue weighted by atomic mass is 16.5. The van der Waals surface area contributed by atoms with Crippen LogP contribution in [0.3, 0.4) is 0 Å². The quantitative estimate of drug-likeness (QED) is 0.794. The third-order valence-corrected chi connectivity index (χ3v) is 1.72. The van der Waals surface area contributed by atoms with Gasteiger partial charge in [-0.25, -0.2) is 4.98 Å². The van der Waals surface area contributed by atoms with Crippen molar-refractivity contribution in [1.82, 2.24) is 9.97 Å². The summed E-state index contributed by atoms with van der Waals surface area (Å²) in [5.74, 6) is 0.874. The molecule has 0 aliphatic carbocycles. The lowest BCUT2D eigenvalue weighted by Crippen LogP contribution is -1.88. The Morgan fingerprint density at radius 2 is 2.00 bits per heavy atom. The van der Waals surface area contributed by atoms with Gasteiger partial charge in [0.25, 0.3) is 0 Å². The zero-order valence-corrected chi connectivity index (χ0v) is 8.87. The Hall–Kier alpha value is -1.35. The fourth-order valence-electron chi connectivity index (χ4n) is 1.21. The van der Waals surface area contributed by atoms with Gasteiger partial charge in [0.05, 0.1) is 11.0 Å². The molecule has 1 N–H and O–H groups in total. The number of benzene rings is 1. The monoisotopic (exact) mass is 192 g/mol. The minimum absolute atomic E-state index is 0.536. The van der Waals surface area contributed by atoms with Crippen LogP contribution in [0.15, 0.2) is 24.3 Å². The molecule has 1 aromatic heterocycles. The van der Waals surface area contributed by atoms with E-state index in [0.717, 1.165) is 16.9 Å². The maximum atomic E-state index is 4.96. The van der Waals surface area contributed by atoms with Crippen molar-refractivity contribution < 1.29 is 4.74 Å². The van der Waals surface area contributed by atoms with E-state index in [4.69, 9.17) is 4.74 Å². The molecule has 0 unspecified atom stereocenters. The molecule has 0 aliphatic rings. The average molecular weight is 192 g/mol. The van der Waals surface area contributed by atoms with Crippen LogP contribution in [0.4, 0.5) is 0 Å². The van der Waals surface area contributed by atoms with Crippen LogP contribution >= 0.6 is 0 Å². The maximum Gasteiger partial charge on any atom is 0.133 e. The van der Waals surface area contributed by atoms with E-state index in [2.05, 4.69) is 9.97 Å². The molecule has 0 saturated carbocycles. The smallest absolute Gasteiger partial charge is 0.133 e. The van der Waals surface area contributed by atoms with Gasteiger partial charge in [0.2, 0.25) is 0 Å². The lowest BCUT2D eigenvalue weighted by molar-refractivity contribution is 0.179. The Bertz CT molecular complexity index is 348. The molecule has 3 heteroatoms. The lowest BCUT2D eigenvalue weighted by Gasteiger charge is -1.89. The van der Waals surface area contributed by atoms with Crippen molar-refractivity contribution in [2.45, 2.75) is 20.5 Å². The van der Waals surface area contributed by atoms with Gasteiger partial charge in [-0.05, 0) is 12.1 Å². The largest absolute Gasteiger partial charge is 0.377 e. The molecule has 1 aromatic carbocycles. The number of nitrogens with zero attached hydrogens (tertiary/aromatic N) is 1. The molecule has 0 saturated heterocycles. The number of methoxy groups -OCH3 is 1. The number of fused-ring (bicyclic) bond motifs is 1. The normalized spacial score (nSPS) is 9.64. The number of para-hydroxylation sites is 2. The number of aromatic amines is 1. The number of imidazole rings is 1. The predicted molar refractivity (Wildman–Crippen MR) is 58.2 cm³/mol. The van der Waals surface area contributed by atoms with Crippen molar-refractivity contribution in [3.05, 3.63) is 30.1 Å². The highest BCUT2D eigenvalue weighted by molar-refractivity contribution is 5.74. The summed E-state index contributed by atoms with van der Waals surface area (Å²) >= 11 is 0. The Balaban J connectivity index is 0.000000461. The van der Waals surface area contributed by atoms with Crippen molar-refractivity contribution >= 4 is 11.0 Å². The number of nitrogens with one attached hydrogen (secondary N) is 1. The van der Waals surface area contributed by atoms with Gasteiger partial charge in [-0.3, -0.25) is 0 Å². The fraction of sp³-hybridized carbons (Fsp3) is 0.364. The fourth-order valence-corrected chi connectivity index (χ4v) is 1.21. The van der Waals surface area contributed by atoms with E-state index in [1.54, 1.807) is 7.11 Å². The van der Waals surface area contributed by atoms with Crippen molar-refractivity contribution in [3.63, 3.8) is 0 Å². The van der Waals surface area contributed by atoms with Gasteiger partial charge in [-0.1, -0.05) is 26.0 Å². The van der Waals surface area contributed by atoms with Gasteiger partial charge in [-0.15, -0.1) is 0 Å². The highest BCUT2D eigenvalue weighted by Gasteiger charge is 1.99. The Kier molecular flexibility index (Phi) is 4.13. The van der Waals surface area contributed by atoms with E-state index in [1.165, 1.54) is 0 Å². The van der Waals surface area contributed by atoms with Crippen LogP contribution in [0, 0.1) is 0 Å². The van der Waals surface area contributed by atoms with Crippen LogP contribution in [0.5, 0.6) is 0 Å². The van der Waals surface area contributed by atoms with E-state index in [0.29, 0.717) is 6.61 Å². The summed E-state index contributed by atoms with van der Waals surface area (Å²) in [5, 5.41) is 0. The first kappa shape index (κ1) is 10.7. The number of rotatable bonds is 2. The van der Waals surface area contributed by atoms with Crippen LogP contribution in [0.25, 0.3) is 11.0 Å². The summed E-state index contributed by atoms with van der Waals surface area (Å²) in [7, 11) is 1.66. The summed E-state index contributed by atoms with van der Waals surface area (Å²) in [4.78, 5) is 7.48. The first-order chi connectivity index (χ1) is 6.90. The zero-order valence-electron chi connectivity index (χ0n) is 8.87. The summed E-state index contributed by atoms with van der Waals surface area (Å²) in [6, 6.07) is 7.93. The molecular weight excluding hydrogens is 176 g/mol. The van der Waals surface area contributed by atoms with E-state index in [9.17, 15) is 0 Å². The molecule has 0 amide bonds. The number of aromatic nitrogens is 2. The van der Waals surface area contributed by atoms with Crippen molar-refractivity contribution in [3.8, 4) is 0 Å². The summed E-state index contributed by atoms with van der Waals surface area (Å²) in [6.07, 6.45) is 0. The predicted octanol–water partition coefficient (Wildman–Crippen LogP) is 2.74. The molecular formula is C11H16N2O. The third kappa shape index (κ3) is 2.33. The van der Waals surface area contributed by atoms with E-state index in [-0.39, 0.29) is 0 Å². The summed E-state index contributed by atoms with van der Waals surface area (Å²) in [5.41, 5.74) is 2.05. The molecule has 0 bridgehead atoms. The Morgan fingerprint density at radius 1 is 1.29 bits per heavy atom. The molecule has 14 heavy (non-hydrogen) atoms. The number of H-pyrrole nitrogens is 1. The van der Waals surface area contributed by atoms with Crippen LogP contribution in [0.2, 0.25) is 0 Å². The minimum atomic E-state index is 0.536. The third-order valence-electron chi connectivity index (χ3n) is 1.72. The molecule has 0 aliphatic heterocycles. The Labute approximate surface area is 84.1 Å². The number of hydrogen-bond acceptors (Lipinski definition) is 2. The Morgan fingerprint density at radius 3 is 2.64 bits per heavy atom. The topological polar surface area (TPSA) is 37.9 Å². The van der Waals surface area contributed by atoms with Gasteiger partial charge in [0.15, 0.2) is 0 Å². The van der Waals surface area contributed by atoms with Crippen LogP contribution < -0.4 is 0 Å². The SMILES string of the molecule is CC.COCc1nc2ccccc2[nH]1. The van der Waals surface area contributed by atoms with Crippen LogP contribution in [0.1, 0.15) is 19.7 Å².